The van der Waals surface area contributed by atoms with Crippen molar-refractivity contribution in [3.05, 3.63) is 87.9 Å². The first-order valence-corrected chi connectivity index (χ1v) is 11.1. The number of benzene rings is 3. The number of halogens is 5. The summed E-state index contributed by atoms with van der Waals surface area (Å²) in [7, 11) is 0. The van der Waals surface area contributed by atoms with Gasteiger partial charge in [-0.1, -0.05) is 39.7 Å². The van der Waals surface area contributed by atoms with E-state index in [0.717, 1.165) is 21.5 Å². The fraction of sp³-hybridized carbons (Fsp3) is 0.130. The van der Waals surface area contributed by atoms with Gasteiger partial charge in [0.15, 0.2) is 0 Å². The molecule has 11 heteroatoms. The standard InChI is InChI=1S/C23H19BrClF3N4O2/c24-16-4-2-5-19(14-16)30-21(33)29-11-12-32(20-6-1-3-15(13-20)23(26,27)28)22(34)31-18-9-7-17(25)8-10-18/h1-10,13-14H,11-12H2,(H,31,34)(H2,29,30,33). The van der Waals surface area contributed by atoms with Gasteiger partial charge in [0, 0.05) is 39.6 Å². The van der Waals surface area contributed by atoms with Gasteiger partial charge in [-0.2, -0.15) is 13.2 Å². The van der Waals surface area contributed by atoms with Crippen LogP contribution >= 0.6 is 27.5 Å². The van der Waals surface area contributed by atoms with Gasteiger partial charge in [0.05, 0.1) is 5.56 Å². The molecule has 0 aromatic heterocycles. The molecule has 0 bridgehead atoms. The van der Waals surface area contributed by atoms with Crippen LogP contribution in [0.3, 0.4) is 0 Å². The first-order valence-electron chi connectivity index (χ1n) is 9.93. The highest BCUT2D eigenvalue weighted by Gasteiger charge is 2.31. The SMILES string of the molecule is O=C(NCCN(C(=O)Nc1ccc(Cl)cc1)c1cccc(C(F)(F)F)c1)Nc1cccc(Br)c1. The fourth-order valence-corrected chi connectivity index (χ4v) is 3.47. The summed E-state index contributed by atoms with van der Waals surface area (Å²) in [4.78, 5) is 26.2. The van der Waals surface area contributed by atoms with Crippen LogP contribution in [0.1, 0.15) is 5.56 Å². The number of anilines is 3. The van der Waals surface area contributed by atoms with E-state index in [0.29, 0.717) is 16.4 Å². The third-order valence-corrected chi connectivity index (χ3v) is 5.27. The predicted molar refractivity (Wildman–Crippen MR) is 130 cm³/mol. The highest BCUT2D eigenvalue weighted by atomic mass is 79.9. The summed E-state index contributed by atoms with van der Waals surface area (Å²) in [6, 6.07) is 16.4. The lowest BCUT2D eigenvalue weighted by Gasteiger charge is -2.24. The average Bonchev–Trinajstić information content (AvgIpc) is 2.78. The number of hydrogen-bond acceptors (Lipinski definition) is 2. The van der Waals surface area contributed by atoms with Crippen LogP contribution in [0.15, 0.2) is 77.3 Å². The summed E-state index contributed by atoms with van der Waals surface area (Å²) in [5, 5.41) is 8.32. The van der Waals surface area contributed by atoms with Crippen molar-refractivity contribution < 1.29 is 22.8 Å². The summed E-state index contributed by atoms with van der Waals surface area (Å²) in [5.41, 5.74) is 0.0824. The van der Waals surface area contributed by atoms with Gasteiger partial charge in [-0.3, -0.25) is 4.90 Å². The zero-order valence-corrected chi connectivity index (χ0v) is 19.8. The van der Waals surface area contributed by atoms with Crippen molar-refractivity contribution in [1.82, 2.24) is 5.32 Å². The van der Waals surface area contributed by atoms with E-state index in [4.69, 9.17) is 11.6 Å². The van der Waals surface area contributed by atoms with E-state index in [1.165, 1.54) is 12.1 Å². The smallest absolute Gasteiger partial charge is 0.336 e. The lowest BCUT2D eigenvalue weighted by Crippen LogP contribution is -2.42. The molecular weight excluding hydrogens is 537 g/mol. The third-order valence-electron chi connectivity index (χ3n) is 4.53. The minimum absolute atomic E-state index is 0.0236. The maximum absolute atomic E-state index is 13.2. The number of hydrogen-bond donors (Lipinski definition) is 3. The van der Waals surface area contributed by atoms with Crippen LogP contribution < -0.4 is 20.9 Å². The van der Waals surface area contributed by atoms with Gasteiger partial charge in [0.2, 0.25) is 0 Å². The summed E-state index contributed by atoms with van der Waals surface area (Å²) >= 11 is 9.16. The molecule has 6 nitrogen and oxygen atoms in total. The molecule has 0 saturated carbocycles. The molecule has 0 aliphatic heterocycles. The second kappa shape index (κ2) is 11.3. The number of carbonyl (C=O) groups is 2. The zero-order valence-electron chi connectivity index (χ0n) is 17.5. The number of rotatable bonds is 6. The quantitative estimate of drug-likeness (QED) is 0.307. The molecule has 3 rings (SSSR count). The lowest BCUT2D eigenvalue weighted by molar-refractivity contribution is -0.137. The van der Waals surface area contributed by atoms with Crippen LogP contribution in [-0.4, -0.2) is 25.2 Å². The second-order valence-electron chi connectivity index (χ2n) is 7.03. The Balaban J connectivity index is 1.72. The van der Waals surface area contributed by atoms with Crippen molar-refractivity contribution in [2.24, 2.45) is 0 Å². The average molecular weight is 556 g/mol. The molecule has 3 aromatic rings. The van der Waals surface area contributed by atoms with Crippen molar-refractivity contribution in [2.45, 2.75) is 6.18 Å². The number of amides is 4. The maximum Gasteiger partial charge on any atom is 0.416 e. The molecule has 4 amide bonds. The minimum atomic E-state index is -4.57. The number of alkyl halides is 3. The van der Waals surface area contributed by atoms with E-state index in [2.05, 4.69) is 31.9 Å². The Bertz CT molecular complexity index is 1160. The Labute approximate surface area is 207 Å². The number of carbonyl (C=O) groups excluding carboxylic acids is 2. The van der Waals surface area contributed by atoms with Crippen LogP contribution in [0.5, 0.6) is 0 Å². The third kappa shape index (κ3) is 7.39. The monoisotopic (exact) mass is 554 g/mol. The topological polar surface area (TPSA) is 73.5 Å². The molecule has 0 heterocycles. The van der Waals surface area contributed by atoms with Crippen LogP contribution in [0.2, 0.25) is 5.02 Å². The van der Waals surface area contributed by atoms with Crippen molar-refractivity contribution >= 4 is 56.7 Å². The number of urea groups is 2. The van der Waals surface area contributed by atoms with Crippen LogP contribution in [0.4, 0.5) is 39.8 Å². The molecule has 178 valence electrons. The highest BCUT2D eigenvalue weighted by Crippen LogP contribution is 2.32. The molecule has 0 radical (unpaired) electrons. The molecule has 34 heavy (non-hydrogen) atoms. The lowest BCUT2D eigenvalue weighted by atomic mass is 10.2. The molecule has 0 aliphatic carbocycles. The Kier molecular flexibility index (Phi) is 8.41. The first kappa shape index (κ1) is 25.4. The zero-order chi connectivity index (χ0) is 24.7. The largest absolute Gasteiger partial charge is 0.416 e. The van der Waals surface area contributed by atoms with Gasteiger partial charge in [0.25, 0.3) is 0 Å². The summed E-state index contributed by atoms with van der Waals surface area (Å²) in [6.45, 7) is -0.114. The van der Waals surface area contributed by atoms with E-state index >= 15 is 0 Å². The summed E-state index contributed by atoms with van der Waals surface area (Å²) in [6.07, 6.45) is -4.57. The van der Waals surface area contributed by atoms with Crippen LogP contribution in [0, 0.1) is 0 Å². The maximum atomic E-state index is 13.2. The Hall–Kier alpha value is -3.24. The molecule has 3 N–H and O–H groups in total. The summed E-state index contributed by atoms with van der Waals surface area (Å²) in [5.74, 6) is 0. The Morgan fingerprint density at radius 1 is 0.912 bits per heavy atom. The van der Waals surface area contributed by atoms with Gasteiger partial charge >= 0.3 is 18.2 Å². The van der Waals surface area contributed by atoms with Crippen LogP contribution in [-0.2, 0) is 6.18 Å². The predicted octanol–water partition coefficient (Wildman–Crippen LogP) is 6.98. The van der Waals surface area contributed by atoms with Gasteiger partial charge in [-0.25, -0.2) is 9.59 Å². The second-order valence-corrected chi connectivity index (χ2v) is 8.38. The first-order chi connectivity index (χ1) is 16.1. The number of nitrogens with zero attached hydrogens (tertiary/aromatic N) is 1. The molecule has 0 spiro atoms. The van der Waals surface area contributed by atoms with E-state index in [9.17, 15) is 22.8 Å². The summed E-state index contributed by atoms with van der Waals surface area (Å²) < 4.78 is 40.4. The van der Waals surface area contributed by atoms with Crippen molar-refractivity contribution in [3.63, 3.8) is 0 Å². The molecule has 0 aliphatic rings. The molecule has 0 fully saturated rings. The van der Waals surface area contributed by atoms with Crippen molar-refractivity contribution in [1.29, 1.82) is 0 Å². The highest BCUT2D eigenvalue weighted by molar-refractivity contribution is 9.10. The molecular formula is C23H19BrClF3N4O2. The van der Waals surface area contributed by atoms with Gasteiger partial charge < -0.3 is 16.0 Å². The normalized spacial score (nSPS) is 11.0. The Morgan fingerprint density at radius 3 is 2.29 bits per heavy atom. The van der Waals surface area contributed by atoms with E-state index in [1.54, 1.807) is 48.5 Å². The van der Waals surface area contributed by atoms with E-state index < -0.39 is 23.8 Å². The fourth-order valence-electron chi connectivity index (χ4n) is 2.94. The molecule has 3 aromatic carbocycles. The van der Waals surface area contributed by atoms with Gasteiger partial charge in [-0.05, 0) is 60.7 Å². The van der Waals surface area contributed by atoms with Crippen molar-refractivity contribution in [3.8, 4) is 0 Å². The van der Waals surface area contributed by atoms with Crippen LogP contribution in [0.25, 0.3) is 0 Å². The van der Waals surface area contributed by atoms with E-state index in [-0.39, 0.29) is 18.8 Å². The van der Waals surface area contributed by atoms with Crippen molar-refractivity contribution in [2.75, 3.05) is 28.6 Å². The minimum Gasteiger partial charge on any atom is -0.336 e. The molecule has 0 unspecified atom stereocenters. The van der Waals surface area contributed by atoms with Gasteiger partial charge in [0.1, 0.15) is 0 Å². The Morgan fingerprint density at radius 2 is 1.62 bits per heavy atom. The number of nitrogens with one attached hydrogen (secondary N) is 3. The van der Waals surface area contributed by atoms with E-state index in [1.807, 2.05) is 0 Å². The molecule has 0 atom stereocenters. The van der Waals surface area contributed by atoms with Gasteiger partial charge in [-0.15, -0.1) is 0 Å². The molecule has 0 saturated heterocycles.